The van der Waals surface area contributed by atoms with Gasteiger partial charge in [-0.25, -0.2) is 0 Å². The van der Waals surface area contributed by atoms with Gasteiger partial charge < -0.3 is 19.3 Å². The Morgan fingerprint density at radius 1 is 0.410 bits per heavy atom. The molecule has 10 aromatic rings. The average molecular weight is 898 g/mol. The highest BCUT2D eigenvalue weighted by Gasteiger charge is 2.18. The number of aromatic hydroxyl groups is 1. The van der Waals surface area contributed by atoms with Crippen LogP contribution in [0.5, 0.6) is 40.2 Å². The fourth-order valence-corrected chi connectivity index (χ4v) is 10.2. The highest BCUT2D eigenvalue weighted by molar-refractivity contribution is 7.18. The molecule has 0 saturated carbocycles. The van der Waals surface area contributed by atoms with Gasteiger partial charge in [-0.05, 0) is 101 Å². The molecule has 0 fully saturated rings. The fraction of sp³-hybridized carbons (Fsp3) is 0.154. The van der Waals surface area contributed by atoms with Crippen molar-refractivity contribution in [1.29, 1.82) is 0 Å². The molecule has 4 heterocycles. The van der Waals surface area contributed by atoms with Gasteiger partial charge in [-0.15, -0.1) is 45.3 Å². The van der Waals surface area contributed by atoms with E-state index in [0.717, 1.165) is 60.7 Å². The molecule has 0 atom stereocenters. The number of halogens is 1. The van der Waals surface area contributed by atoms with E-state index in [4.69, 9.17) is 25.8 Å². The monoisotopic (exact) mass is 896 g/mol. The van der Waals surface area contributed by atoms with Gasteiger partial charge in [0, 0.05) is 73.0 Å². The summed E-state index contributed by atoms with van der Waals surface area (Å²) in [6.45, 7) is 13.4. The van der Waals surface area contributed by atoms with Crippen LogP contribution in [0.1, 0.15) is 52.7 Å². The summed E-state index contributed by atoms with van der Waals surface area (Å²) in [5, 5.41) is 22.2. The van der Waals surface area contributed by atoms with Gasteiger partial charge in [0.25, 0.3) is 0 Å². The molecule has 4 aromatic heterocycles. The summed E-state index contributed by atoms with van der Waals surface area (Å²) in [5.41, 5.74) is 2.84. The summed E-state index contributed by atoms with van der Waals surface area (Å²) in [7, 11) is 0. The number of fused-ring (bicyclic) bond motifs is 4. The average Bonchev–Trinajstić information content (AvgIpc) is 4.04. The predicted octanol–water partition coefficient (Wildman–Crippen LogP) is 18.2. The third kappa shape index (κ3) is 10.1. The third-order valence-corrected chi connectivity index (χ3v) is 14.0. The molecule has 4 nitrogen and oxygen atoms in total. The lowest BCUT2D eigenvalue weighted by molar-refractivity contribution is 0.467. The van der Waals surface area contributed by atoms with Crippen LogP contribution in [-0.2, 0) is 10.8 Å². The Kier molecular flexibility index (Phi) is 12.5. The molecule has 0 saturated heterocycles. The lowest BCUT2D eigenvalue weighted by Gasteiger charge is -2.19. The molecule has 6 aromatic carbocycles. The molecule has 0 aliphatic heterocycles. The minimum atomic E-state index is 0.102. The van der Waals surface area contributed by atoms with E-state index in [1.807, 2.05) is 84.9 Å². The Bertz CT molecular complexity index is 3080. The molecule has 0 aliphatic rings. The zero-order valence-electron chi connectivity index (χ0n) is 34.7. The maximum absolute atomic E-state index is 9.22. The van der Waals surface area contributed by atoms with E-state index in [2.05, 4.69) is 106 Å². The first-order valence-corrected chi connectivity index (χ1v) is 23.7. The predicted molar refractivity (Wildman–Crippen MR) is 264 cm³/mol. The summed E-state index contributed by atoms with van der Waals surface area (Å²) in [6.07, 6.45) is 0. The largest absolute Gasteiger partial charge is 0.506 e. The van der Waals surface area contributed by atoms with Crippen LogP contribution < -0.4 is 14.2 Å². The van der Waals surface area contributed by atoms with Crippen molar-refractivity contribution in [3.8, 4) is 40.2 Å². The second-order valence-electron chi connectivity index (χ2n) is 16.6. The second-order valence-corrected chi connectivity index (χ2v) is 20.7. The Hall–Kier alpha value is -5.35. The number of rotatable bonds is 6. The lowest BCUT2D eigenvalue weighted by atomic mass is 9.86. The zero-order chi connectivity index (χ0) is 42.7. The number of hydrogen-bond acceptors (Lipinski definition) is 8. The van der Waals surface area contributed by atoms with E-state index in [9.17, 15) is 5.11 Å². The van der Waals surface area contributed by atoms with Crippen LogP contribution in [0.25, 0.3) is 40.3 Å². The van der Waals surface area contributed by atoms with Crippen LogP contribution in [-0.4, -0.2) is 5.11 Å². The van der Waals surface area contributed by atoms with Crippen LogP contribution in [0.2, 0.25) is 5.02 Å². The van der Waals surface area contributed by atoms with Gasteiger partial charge in [0.15, 0.2) is 0 Å². The minimum Gasteiger partial charge on any atom is -0.506 e. The molecule has 0 radical (unpaired) electrons. The van der Waals surface area contributed by atoms with Crippen molar-refractivity contribution in [2.45, 2.75) is 52.4 Å². The molecule has 0 bridgehead atoms. The normalized spacial score (nSPS) is 11.6. The lowest BCUT2D eigenvalue weighted by Crippen LogP contribution is -2.10. The van der Waals surface area contributed by atoms with Gasteiger partial charge >= 0.3 is 0 Å². The molecule has 0 amide bonds. The molecule has 9 heteroatoms. The van der Waals surface area contributed by atoms with E-state index >= 15 is 0 Å². The van der Waals surface area contributed by atoms with Crippen LogP contribution in [0, 0.1) is 0 Å². The van der Waals surface area contributed by atoms with Gasteiger partial charge in [-0.1, -0.05) is 102 Å². The van der Waals surface area contributed by atoms with E-state index in [-0.39, 0.29) is 10.8 Å². The zero-order valence-corrected chi connectivity index (χ0v) is 38.7. The van der Waals surface area contributed by atoms with Crippen LogP contribution in [0.15, 0.2) is 155 Å². The molecule has 0 aliphatic carbocycles. The molecule has 0 unspecified atom stereocenters. The van der Waals surface area contributed by atoms with Crippen molar-refractivity contribution < 1.29 is 19.3 Å². The Morgan fingerprint density at radius 2 is 0.820 bits per heavy atom. The number of thiophene rings is 4. The molecule has 0 spiro atoms. The quantitative estimate of drug-likeness (QED) is 0.181. The van der Waals surface area contributed by atoms with Gasteiger partial charge in [0.2, 0.25) is 0 Å². The molecule has 61 heavy (non-hydrogen) atoms. The summed E-state index contributed by atoms with van der Waals surface area (Å²) < 4.78 is 23.3. The smallest absolute Gasteiger partial charge is 0.145 e. The first-order valence-electron chi connectivity index (χ1n) is 19.8. The number of hydrogen-bond donors (Lipinski definition) is 1. The van der Waals surface area contributed by atoms with Crippen LogP contribution in [0.3, 0.4) is 0 Å². The number of ether oxygens (including phenoxy) is 3. The summed E-state index contributed by atoms with van der Waals surface area (Å²) >= 11 is 12.7. The second kappa shape index (κ2) is 17.9. The van der Waals surface area contributed by atoms with Crippen molar-refractivity contribution in [1.82, 2.24) is 0 Å². The van der Waals surface area contributed by atoms with Crippen molar-refractivity contribution in [3.63, 3.8) is 0 Å². The highest BCUT2D eigenvalue weighted by Crippen LogP contribution is 2.41. The van der Waals surface area contributed by atoms with Crippen LogP contribution in [0.4, 0.5) is 0 Å². The molecular weight excluding hydrogens is 852 g/mol. The molecule has 308 valence electrons. The molecule has 10 rings (SSSR count). The Labute approximate surface area is 377 Å². The summed E-state index contributed by atoms with van der Waals surface area (Å²) in [4.78, 5) is 0. The Morgan fingerprint density at radius 3 is 1.31 bits per heavy atom. The topological polar surface area (TPSA) is 47.9 Å². The molecular formula is C52H45ClO4S4. The van der Waals surface area contributed by atoms with Crippen molar-refractivity contribution in [2.24, 2.45) is 0 Å². The maximum atomic E-state index is 9.22. The maximum Gasteiger partial charge on any atom is 0.145 e. The van der Waals surface area contributed by atoms with E-state index in [1.165, 1.54) is 25.2 Å². The SMILES string of the molecule is CC(C)(C)c1ccc2scc(Oc3cccc(Cl)c3)c2c1.CC(C)(C)c1ccc2scc(Oc3cccc(Oc4csc5ccccc45)c3)c2c1.Oc1csc2ccccc12. The van der Waals surface area contributed by atoms with Gasteiger partial charge in [0.05, 0.1) is 0 Å². The molecule has 1 N–H and O–H groups in total. The fourth-order valence-electron chi connectivity index (χ4n) is 6.61. The highest BCUT2D eigenvalue weighted by atomic mass is 35.5. The van der Waals surface area contributed by atoms with E-state index in [1.54, 1.807) is 50.7 Å². The van der Waals surface area contributed by atoms with Crippen molar-refractivity contribution in [2.75, 3.05) is 0 Å². The van der Waals surface area contributed by atoms with E-state index in [0.29, 0.717) is 10.8 Å². The van der Waals surface area contributed by atoms with E-state index < -0.39 is 0 Å². The van der Waals surface area contributed by atoms with Gasteiger partial charge in [-0.3, -0.25) is 0 Å². The summed E-state index contributed by atoms with van der Waals surface area (Å²) in [5.74, 6) is 5.36. The first-order chi connectivity index (χ1) is 29.3. The number of benzene rings is 6. The first kappa shape index (κ1) is 42.3. The van der Waals surface area contributed by atoms with Crippen molar-refractivity contribution in [3.05, 3.63) is 171 Å². The standard InChI is InChI=1S/C26H22O2S2.C18H17ClOS.C8H6OS/c1-26(2,3)17-11-12-25-21(13-17)23(16-30-25)28-19-8-6-7-18(14-19)27-22-15-29-24-10-5-4-9-20(22)24;1-18(2,3)12-7-8-17-15(9-12)16(11-21-17)20-14-6-4-5-13(19)10-14;9-7-5-10-8-4-2-1-3-6(7)8/h4-16H,1-3H3;4-11H,1-3H3;1-5,9H. The minimum absolute atomic E-state index is 0.102. The third-order valence-electron chi connectivity index (χ3n) is 10.00. The van der Waals surface area contributed by atoms with Gasteiger partial charge in [0.1, 0.15) is 40.2 Å². The van der Waals surface area contributed by atoms with Crippen molar-refractivity contribution >= 4 is 97.3 Å². The van der Waals surface area contributed by atoms with Crippen LogP contribution >= 0.6 is 56.9 Å². The van der Waals surface area contributed by atoms with Gasteiger partial charge in [-0.2, -0.15) is 0 Å². The summed E-state index contributed by atoms with van der Waals surface area (Å²) in [6, 6.07) is 44.7. The Balaban J connectivity index is 0.000000143.